The van der Waals surface area contributed by atoms with Gasteiger partial charge in [0, 0.05) is 44.7 Å². The molecule has 0 atom stereocenters. The van der Waals surface area contributed by atoms with E-state index in [1.807, 2.05) is 39.3 Å². The monoisotopic (exact) mass is 536 g/mol. The number of likely N-dealkylation sites (tertiary alicyclic amines) is 1. The smallest absolute Gasteiger partial charge is 0.410 e. The second kappa shape index (κ2) is 11.9. The predicted molar refractivity (Wildman–Crippen MR) is 151 cm³/mol. The lowest BCUT2D eigenvalue weighted by Gasteiger charge is -2.37. The van der Waals surface area contributed by atoms with Gasteiger partial charge in [0.1, 0.15) is 23.7 Å². The highest BCUT2D eigenvalue weighted by atomic mass is 32.3. The van der Waals surface area contributed by atoms with Gasteiger partial charge in [-0.2, -0.15) is 0 Å². The zero-order chi connectivity index (χ0) is 27.4. The van der Waals surface area contributed by atoms with Crippen LogP contribution in [-0.4, -0.2) is 101 Å². The predicted octanol–water partition coefficient (Wildman–Crippen LogP) is 3.68. The van der Waals surface area contributed by atoms with Gasteiger partial charge < -0.3 is 29.2 Å². The Hall–Kier alpha value is -2.53. The molecule has 1 fully saturated rings. The highest BCUT2D eigenvalue weighted by Gasteiger charge is 2.29. The third kappa shape index (κ3) is 7.98. The summed E-state index contributed by atoms with van der Waals surface area (Å²) in [6.45, 7) is 10.3. The van der Waals surface area contributed by atoms with Gasteiger partial charge in [-0.3, -0.25) is 4.79 Å². The van der Waals surface area contributed by atoms with E-state index in [0.29, 0.717) is 55.5 Å². The van der Waals surface area contributed by atoms with Gasteiger partial charge in [-0.15, -0.1) is 0 Å². The molecular weight excluding hydrogens is 492 g/mol. The first-order chi connectivity index (χ1) is 17.3. The van der Waals surface area contributed by atoms with E-state index in [2.05, 4.69) is 29.0 Å². The van der Waals surface area contributed by atoms with Crippen LogP contribution in [0.1, 0.15) is 50.9 Å². The van der Waals surface area contributed by atoms with Crippen LogP contribution >= 0.6 is 10.0 Å². The molecule has 37 heavy (non-hydrogen) atoms. The molecule has 1 saturated heterocycles. The highest BCUT2D eigenvalue weighted by Crippen LogP contribution is 2.33. The zero-order valence-corrected chi connectivity index (χ0v) is 24.5. The minimum atomic E-state index is -0.640. The number of amides is 2. The quantitative estimate of drug-likeness (QED) is 0.488. The van der Waals surface area contributed by atoms with Gasteiger partial charge in [-0.05, 0) is 59.3 Å². The number of carbonyl (C=O) groups excluding carboxylic acids is 2. The molecule has 2 aromatic rings. The Kier molecular flexibility index (Phi) is 9.33. The summed E-state index contributed by atoms with van der Waals surface area (Å²) >= 11 is 0. The number of anilines is 1. The molecule has 0 aliphatic carbocycles. The lowest BCUT2D eigenvalue weighted by Crippen LogP contribution is -2.47. The Morgan fingerprint density at radius 2 is 1.89 bits per heavy atom. The summed E-state index contributed by atoms with van der Waals surface area (Å²) in [7, 11) is 1.35. The van der Waals surface area contributed by atoms with Crippen LogP contribution in [0.2, 0.25) is 0 Å². The normalized spacial score (nSPS) is 15.6. The molecule has 1 N–H and O–H groups in total. The summed E-state index contributed by atoms with van der Waals surface area (Å²) in [6.07, 6.45) is 11.6. The van der Waals surface area contributed by atoms with E-state index in [0.717, 1.165) is 18.6 Å². The first kappa shape index (κ1) is 29.0. The average Bonchev–Trinajstić information content (AvgIpc) is 3.18. The number of piperidine rings is 1. The van der Waals surface area contributed by atoms with E-state index in [9.17, 15) is 9.59 Å². The molecule has 3 heterocycles. The SMILES string of the molecule is CCNC(=O)c1cn(COCCS(C)(C)C)c2ncc(N(C)C3CCN(C(=O)OC(C)(C)C)CC3)nc12. The van der Waals surface area contributed by atoms with Crippen molar-refractivity contribution in [3.05, 3.63) is 18.0 Å². The van der Waals surface area contributed by atoms with Crippen LogP contribution in [0.4, 0.5) is 10.6 Å². The van der Waals surface area contributed by atoms with E-state index < -0.39 is 15.6 Å². The molecule has 1 aliphatic rings. The fraction of sp³-hybridized carbons (Fsp3) is 0.692. The van der Waals surface area contributed by atoms with Crippen LogP contribution in [0.5, 0.6) is 0 Å². The summed E-state index contributed by atoms with van der Waals surface area (Å²) < 4.78 is 13.3. The van der Waals surface area contributed by atoms with E-state index in [-0.39, 0.29) is 18.0 Å². The molecular formula is C26H44N6O4S. The van der Waals surface area contributed by atoms with E-state index in [1.165, 1.54) is 0 Å². The fourth-order valence-electron chi connectivity index (χ4n) is 4.15. The van der Waals surface area contributed by atoms with Gasteiger partial charge in [0.05, 0.1) is 18.4 Å². The summed E-state index contributed by atoms with van der Waals surface area (Å²) in [5.41, 5.74) is 1.17. The van der Waals surface area contributed by atoms with Crippen molar-refractivity contribution in [2.24, 2.45) is 0 Å². The lowest BCUT2D eigenvalue weighted by molar-refractivity contribution is 0.0205. The number of hydrogen-bond donors (Lipinski definition) is 1. The number of nitrogens with zero attached hydrogens (tertiary/aromatic N) is 5. The molecule has 2 aromatic heterocycles. The molecule has 0 aromatic carbocycles. The lowest BCUT2D eigenvalue weighted by atomic mass is 10.0. The van der Waals surface area contributed by atoms with Crippen molar-refractivity contribution in [1.29, 1.82) is 0 Å². The number of aromatic nitrogens is 3. The van der Waals surface area contributed by atoms with Crippen molar-refractivity contribution in [3.63, 3.8) is 0 Å². The van der Waals surface area contributed by atoms with Crippen molar-refractivity contribution < 1.29 is 19.1 Å². The van der Waals surface area contributed by atoms with Gasteiger partial charge in [0.25, 0.3) is 5.91 Å². The van der Waals surface area contributed by atoms with Crippen LogP contribution in [0.15, 0.2) is 12.4 Å². The highest BCUT2D eigenvalue weighted by molar-refractivity contribution is 8.32. The molecule has 0 bridgehead atoms. The maximum atomic E-state index is 12.8. The Morgan fingerprint density at radius 3 is 2.49 bits per heavy atom. The number of carbonyl (C=O) groups is 2. The fourth-order valence-corrected chi connectivity index (χ4v) is 4.77. The number of nitrogens with one attached hydrogen (secondary N) is 1. The maximum absolute atomic E-state index is 12.8. The van der Waals surface area contributed by atoms with Crippen LogP contribution < -0.4 is 10.2 Å². The van der Waals surface area contributed by atoms with Crippen LogP contribution in [0, 0.1) is 0 Å². The molecule has 0 saturated carbocycles. The number of fused-ring (bicyclic) bond motifs is 1. The standard InChI is InChI=1S/C26H44N6O4S/c1-9-27-24(33)20-17-32(18-35-14-15-37(6,7)8)23-22(20)29-21(16-28-23)30(5)19-10-12-31(13-11-19)25(34)36-26(2,3)4/h16-17,19H,9-15,18H2,1-8H3,(H,27,33). The Morgan fingerprint density at radius 1 is 1.22 bits per heavy atom. The molecule has 3 rings (SSSR count). The summed E-state index contributed by atoms with van der Waals surface area (Å²) in [5, 5.41) is 2.88. The minimum absolute atomic E-state index is 0.176. The third-order valence-electron chi connectivity index (χ3n) is 6.23. The maximum Gasteiger partial charge on any atom is 0.410 e. The summed E-state index contributed by atoms with van der Waals surface area (Å²) in [5.74, 6) is 1.54. The summed E-state index contributed by atoms with van der Waals surface area (Å²) in [6, 6.07) is 0.198. The second-order valence-electron chi connectivity index (χ2n) is 11.4. The minimum Gasteiger partial charge on any atom is -0.444 e. The molecule has 208 valence electrons. The Balaban J connectivity index is 1.75. The van der Waals surface area contributed by atoms with Crippen molar-refractivity contribution in [1.82, 2.24) is 24.8 Å². The molecule has 2 amide bonds. The topological polar surface area (TPSA) is 102 Å². The molecule has 0 radical (unpaired) electrons. The number of rotatable bonds is 9. The Bertz CT molecular complexity index is 1080. The third-order valence-corrected chi connectivity index (χ3v) is 7.62. The van der Waals surface area contributed by atoms with E-state index in [1.54, 1.807) is 17.3 Å². The van der Waals surface area contributed by atoms with Crippen molar-refractivity contribution in [2.45, 2.75) is 58.9 Å². The zero-order valence-electron chi connectivity index (χ0n) is 23.7. The van der Waals surface area contributed by atoms with E-state index >= 15 is 0 Å². The van der Waals surface area contributed by atoms with E-state index in [4.69, 9.17) is 19.4 Å². The van der Waals surface area contributed by atoms with Crippen LogP contribution in [0.25, 0.3) is 11.2 Å². The van der Waals surface area contributed by atoms with Crippen LogP contribution in [0.3, 0.4) is 0 Å². The van der Waals surface area contributed by atoms with Crippen molar-refractivity contribution in [3.8, 4) is 0 Å². The molecule has 0 unspecified atom stereocenters. The molecule has 0 spiro atoms. The molecule has 1 aliphatic heterocycles. The Labute approximate surface area is 222 Å². The first-order valence-electron chi connectivity index (χ1n) is 12.9. The molecule has 10 nitrogen and oxygen atoms in total. The van der Waals surface area contributed by atoms with Gasteiger partial charge in [0.2, 0.25) is 0 Å². The van der Waals surface area contributed by atoms with Crippen molar-refractivity contribution in [2.75, 3.05) is 62.7 Å². The largest absolute Gasteiger partial charge is 0.444 e. The number of hydrogen-bond acceptors (Lipinski definition) is 7. The van der Waals surface area contributed by atoms with Crippen molar-refractivity contribution >= 4 is 39.0 Å². The van der Waals surface area contributed by atoms with Gasteiger partial charge in [-0.1, -0.05) is 0 Å². The van der Waals surface area contributed by atoms with Gasteiger partial charge in [-0.25, -0.2) is 24.8 Å². The first-order valence-corrected chi connectivity index (χ1v) is 15.9. The van der Waals surface area contributed by atoms with Gasteiger partial charge >= 0.3 is 6.09 Å². The summed E-state index contributed by atoms with van der Waals surface area (Å²) in [4.78, 5) is 38.7. The molecule has 11 heteroatoms. The second-order valence-corrected chi connectivity index (χ2v) is 16.0. The number of ether oxygens (including phenoxy) is 2. The van der Waals surface area contributed by atoms with Gasteiger partial charge in [0.15, 0.2) is 5.65 Å². The average molecular weight is 537 g/mol. The van der Waals surface area contributed by atoms with Crippen LogP contribution in [-0.2, 0) is 16.2 Å².